The van der Waals surface area contributed by atoms with Crippen molar-refractivity contribution >= 4 is 33.2 Å². The number of carbonyl (C=O) groups excluding carboxylic acids is 1. The second-order valence-electron chi connectivity index (χ2n) is 8.35. The average Bonchev–Trinajstić information content (AvgIpc) is 2.78. The number of sulfonamides is 1. The van der Waals surface area contributed by atoms with Gasteiger partial charge in [-0.3, -0.25) is 9.10 Å². The highest BCUT2D eigenvalue weighted by molar-refractivity contribution is 7.92. The van der Waals surface area contributed by atoms with Gasteiger partial charge in [0.1, 0.15) is 23.1 Å². The maximum atomic E-state index is 13.4. The average molecular weight is 495 g/mol. The summed E-state index contributed by atoms with van der Waals surface area (Å²) in [6, 6.07) is 10.9. The van der Waals surface area contributed by atoms with Crippen molar-refractivity contribution in [2.75, 3.05) is 17.7 Å². The van der Waals surface area contributed by atoms with Crippen LogP contribution in [0.1, 0.15) is 51.6 Å². The summed E-state index contributed by atoms with van der Waals surface area (Å²) >= 11 is 6.14. The number of benzene rings is 2. The van der Waals surface area contributed by atoms with Crippen LogP contribution in [0.15, 0.2) is 42.5 Å². The fraction of sp³-hybridized carbons (Fsp3) is 0.458. The summed E-state index contributed by atoms with van der Waals surface area (Å²) in [4.78, 5) is 13.4. The number of methoxy groups -OCH3 is 1. The number of para-hydroxylation sites is 1. The van der Waals surface area contributed by atoms with E-state index < -0.39 is 27.6 Å². The molecule has 0 aromatic heterocycles. The standard InChI is InChI=1S/C24H31ClN2O5S/c1-6-24(7-2)15-19(18-10-8-9-11-21(18)32-24)26-23(28)16(3)27(33(5,29)30)20-14-17(25)12-13-22(20)31-4/h8-14,16,19H,6-7,15H2,1-5H3,(H,26,28)/t16-,19-/m1/s1. The third-order valence-corrected chi connectivity index (χ3v) is 7.73. The number of fused-ring (bicyclic) bond motifs is 1. The maximum Gasteiger partial charge on any atom is 0.244 e. The van der Waals surface area contributed by atoms with Crippen LogP contribution in [0.25, 0.3) is 0 Å². The van der Waals surface area contributed by atoms with Crippen molar-refractivity contribution in [2.24, 2.45) is 0 Å². The lowest BCUT2D eigenvalue weighted by Crippen LogP contribution is -2.51. The number of ether oxygens (including phenoxy) is 2. The highest BCUT2D eigenvalue weighted by atomic mass is 35.5. The molecular weight excluding hydrogens is 464 g/mol. The summed E-state index contributed by atoms with van der Waals surface area (Å²) < 4.78 is 38.3. The van der Waals surface area contributed by atoms with Gasteiger partial charge in [0, 0.05) is 17.0 Å². The molecule has 0 bridgehead atoms. The second kappa shape index (κ2) is 9.81. The van der Waals surface area contributed by atoms with Gasteiger partial charge in [-0.05, 0) is 44.0 Å². The summed E-state index contributed by atoms with van der Waals surface area (Å²) in [5.41, 5.74) is 0.684. The first-order chi connectivity index (χ1) is 15.5. The van der Waals surface area contributed by atoms with Gasteiger partial charge in [0.15, 0.2) is 0 Å². The van der Waals surface area contributed by atoms with Gasteiger partial charge in [0.2, 0.25) is 15.9 Å². The molecule has 1 amide bonds. The maximum absolute atomic E-state index is 13.4. The predicted molar refractivity (Wildman–Crippen MR) is 131 cm³/mol. The Labute approximate surface area is 201 Å². The fourth-order valence-corrected chi connectivity index (χ4v) is 5.68. The van der Waals surface area contributed by atoms with Crippen molar-refractivity contribution in [3.8, 4) is 11.5 Å². The Balaban J connectivity index is 1.96. The van der Waals surface area contributed by atoms with Crippen molar-refractivity contribution in [3.63, 3.8) is 0 Å². The number of nitrogens with one attached hydrogen (secondary N) is 1. The van der Waals surface area contributed by atoms with Crippen molar-refractivity contribution < 1.29 is 22.7 Å². The number of nitrogens with zero attached hydrogens (tertiary/aromatic N) is 1. The molecule has 0 spiro atoms. The van der Waals surface area contributed by atoms with Gasteiger partial charge in [-0.15, -0.1) is 0 Å². The fourth-order valence-electron chi connectivity index (χ4n) is 4.34. The molecule has 2 aromatic carbocycles. The number of hydrogen-bond donors (Lipinski definition) is 1. The Kier molecular flexibility index (Phi) is 7.49. The second-order valence-corrected chi connectivity index (χ2v) is 10.6. The van der Waals surface area contributed by atoms with E-state index in [2.05, 4.69) is 19.2 Å². The number of halogens is 1. The molecule has 0 saturated carbocycles. The van der Waals surface area contributed by atoms with Crippen LogP contribution in [0.3, 0.4) is 0 Å². The van der Waals surface area contributed by atoms with Gasteiger partial charge < -0.3 is 14.8 Å². The first-order valence-electron chi connectivity index (χ1n) is 11.0. The molecule has 33 heavy (non-hydrogen) atoms. The number of rotatable bonds is 8. The molecule has 0 saturated heterocycles. The zero-order chi connectivity index (χ0) is 24.4. The Bertz CT molecular complexity index is 1120. The monoisotopic (exact) mass is 494 g/mol. The van der Waals surface area contributed by atoms with Crippen LogP contribution in [0.2, 0.25) is 5.02 Å². The topological polar surface area (TPSA) is 84.9 Å². The molecule has 7 nitrogen and oxygen atoms in total. The van der Waals surface area contributed by atoms with E-state index >= 15 is 0 Å². The highest BCUT2D eigenvalue weighted by Crippen LogP contribution is 2.43. The van der Waals surface area contributed by atoms with Crippen LogP contribution >= 0.6 is 11.6 Å². The lowest BCUT2D eigenvalue weighted by molar-refractivity contribution is -0.123. The number of anilines is 1. The molecule has 0 radical (unpaired) electrons. The molecule has 3 rings (SSSR count). The molecule has 2 atom stereocenters. The smallest absolute Gasteiger partial charge is 0.244 e. The lowest BCUT2D eigenvalue weighted by atomic mass is 9.83. The molecule has 180 valence electrons. The van der Waals surface area contributed by atoms with Crippen molar-refractivity contribution in [1.82, 2.24) is 5.32 Å². The summed E-state index contributed by atoms with van der Waals surface area (Å²) in [5, 5.41) is 3.41. The van der Waals surface area contributed by atoms with Gasteiger partial charge in [-0.2, -0.15) is 0 Å². The van der Waals surface area contributed by atoms with Crippen LogP contribution in [0, 0.1) is 0 Å². The molecule has 1 aliphatic rings. The van der Waals surface area contributed by atoms with Crippen molar-refractivity contribution in [2.45, 2.75) is 57.7 Å². The minimum atomic E-state index is -3.84. The highest BCUT2D eigenvalue weighted by Gasteiger charge is 2.40. The van der Waals surface area contributed by atoms with E-state index in [1.807, 2.05) is 24.3 Å². The molecular formula is C24H31ClN2O5S. The van der Waals surface area contributed by atoms with Crippen molar-refractivity contribution in [1.29, 1.82) is 0 Å². The third kappa shape index (κ3) is 5.22. The molecule has 0 aliphatic carbocycles. The van der Waals surface area contributed by atoms with E-state index in [-0.39, 0.29) is 11.7 Å². The zero-order valence-corrected chi connectivity index (χ0v) is 21.2. The summed E-state index contributed by atoms with van der Waals surface area (Å²) in [7, 11) is -2.40. The minimum absolute atomic E-state index is 0.207. The molecule has 1 aliphatic heterocycles. The molecule has 1 heterocycles. The van der Waals surface area contributed by atoms with Gasteiger partial charge in [0.25, 0.3) is 0 Å². The largest absolute Gasteiger partial charge is 0.495 e. The Morgan fingerprint density at radius 1 is 1.27 bits per heavy atom. The van der Waals surface area contributed by atoms with E-state index in [1.165, 1.54) is 13.2 Å². The van der Waals surface area contributed by atoms with Crippen LogP contribution < -0.4 is 19.1 Å². The first-order valence-corrected chi connectivity index (χ1v) is 13.2. The number of amides is 1. The van der Waals surface area contributed by atoms with Crippen molar-refractivity contribution in [3.05, 3.63) is 53.1 Å². The predicted octanol–water partition coefficient (Wildman–Crippen LogP) is 4.70. The Morgan fingerprint density at radius 2 is 1.94 bits per heavy atom. The summed E-state index contributed by atoms with van der Waals surface area (Å²) in [6.07, 6.45) is 3.22. The van der Waals surface area contributed by atoms with Gasteiger partial charge in [0.05, 0.1) is 25.1 Å². The molecule has 1 N–H and O–H groups in total. The van der Waals surface area contributed by atoms with E-state index in [0.717, 1.165) is 34.7 Å². The van der Waals surface area contributed by atoms with Gasteiger partial charge in [-0.25, -0.2) is 8.42 Å². The Hall–Kier alpha value is -2.45. The zero-order valence-electron chi connectivity index (χ0n) is 19.6. The van der Waals surface area contributed by atoms with Crippen LogP contribution in [0.5, 0.6) is 11.5 Å². The third-order valence-electron chi connectivity index (χ3n) is 6.27. The van der Waals surface area contributed by atoms with E-state index in [1.54, 1.807) is 19.1 Å². The molecule has 0 unspecified atom stereocenters. The summed E-state index contributed by atoms with van der Waals surface area (Å²) in [5.74, 6) is 0.615. The summed E-state index contributed by atoms with van der Waals surface area (Å²) in [6.45, 7) is 5.68. The van der Waals surface area contributed by atoms with Gasteiger partial charge >= 0.3 is 0 Å². The van der Waals surface area contributed by atoms with Crippen LogP contribution in [-0.2, 0) is 14.8 Å². The van der Waals surface area contributed by atoms with E-state index in [4.69, 9.17) is 21.1 Å². The quantitative estimate of drug-likeness (QED) is 0.574. The number of hydrogen-bond acceptors (Lipinski definition) is 5. The lowest BCUT2D eigenvalue weighted by Gasteiger charge is -2.42. The molecule has 0 fully saturated rings. The molecule has 2 aromatic rings. The van der Waals surface area contributed by atoms with Gasteiger partial charge in [-0.1, -0.05) is 43.6 Å². The van der Waals surface area contributed by atoms with E-state index in [9.17, 15) is 13.2 Å². The normalized spacial score (nSPS) is 17.9. The Morgan fingerprint density at radius 3 is 2.55 bits per heavy atom. The van der Waals surface area contributed by atoms with Crippen LogP contribution in [0.4, 0.5) is 5.69 Å². The minimum Gasteiger partial charge on any atom is -0.495 e. The van der Waals surface area contributed by atoms with Crippen LogP contribution in [-0.4, -0.2) is 39.3 Å². The molecule has 9 heteroatoms. The SMILES string of the molecule is CCC1(CC)C[C@@H](NC(=O)[C@@H](C)N(c2cc(Cl)ccc2OC)S(C)(=O)=O)c2ccccc2O1. The number of carbonyl (C=O) groups is 1. The van der Waals surface area contributed by atoms with E-state index in [0.29, 0.717) is 17.2 Å². The first kappa shape index (κ1) is 25.2.